The topological polar surface area (TPSA) is 24.5 Å². The average Bonchev–Trinajstić information content (AvgIpc) is 1.85. The van der Waals surface area contributed by atoms with Gasteiger partial charge in [0.15, 0.2) is 0 Å². The Morgan fingerprint density at radius 1 is 1.31 bits per heavy atom. The van der Waals surface area contributed by atoms with Crippen molar-refractivity contribution in [1.82, 2.24) is 10.2 Å². The summed E-state index contributed by atoms with van der Waals surface area (Å²) in [6, 6.07) is 0. The Hall–Kier alpha value is -0.120. The summed E-state index contributed by atoms with van der Waals surface area (Å²) < 4.78 is 5.25. The van der Waals surface area contributed by atoms with Crippen molar-refractivity contribution in [1.29, 1.82) is 0 Å². The van der Waals surface area contributed by atoms with E-state index in [9.17, 15) is 0 Å². The van der Waals surface area contributed by atoms with Gasteiger partial charge in [0.1, 0.15) is 0 Å². The second-order valence-electron chi connectivity index (χ2n) is 5.02. The van der Waals surface area contributed by atoms with Crippen LogP contribution in [0.15, 0.2) is 0 Å². The molecule has 0 aromatic heterocycles. The average molecular weight is 182 g/mol. The third kappa shape index (κ3) is 1.39. The first-order valence-corrected chi connectivity index (χ1v) is 5.37. The van der Waals surface area contributed by atoms with E-state index in [4.69, 9.17) is 4.74 Å². The standard InChI is InChI=1S/C10H18N2O/c1(9-3-11-4-9)2-12-5-10(6-12)7-13-8-10/h9,11H,1-8H2. The Bertz CT molecular complexity index is 191. The lowest BCUT2D eigenvalue weighted by Gasteiger charge is -2.55. The Kier molecular flexibility index (Phi) is 1.86. The molecule has 0 atom stereocenters. The van der Waals surface area contributed by atoms with Crippen LogP contribution in [0.2, 0.25) is 0 Å². The molecule has 74 valence electrons. The zero-order valence-electron chi connectivity index (χ0n) is 8.09. The third-order valence-electron chi connectivity index (χ3n) is 3.65. The van der Waals surface area contributed by atoms with Crippen LogP contribution in [0, 0.1) is 11.3 Å². The maximum atomic E-state index is 5.25. The lowest BCUT2D eigenvalue weighted by molar-refractivity contribution is -0.189. The molecule has 0 aliphatic carbocycles. The fourth-order valence-electron chi connectivity index (χ4n) is 2.55. The second kappa shape index (κ2) is 2.94. The summed E-state index contributed by atoms with van der Waals surface area (Å²) in [5, 5.41) is 3.32. The molecule has 3 rings (SSSR count). The van der Waals surface area contributed by atoms with E-state index in [0.29, 0.717) is 5.41 Å². The molecule has 0 amide bonds. The van der Waals surface area contributed by atoms with Gasteiger partial charge in [0, 0.05) is 18.5 Å². The van der Waals surface area contributed by atoms with Gasteiger partial charge in [0.25, 0.3) is 0 Å². The first-order valence-electron chi connectivity index (χ1n) is 5.37. The Morgan fingerprint density at radius 2 is 2.08 bits per heavy atom. The molecule has 0 aromatic rings. The van der Waals surface area contributed by atoms with Crippen LogP contribution in [-0.4, -0.2) is 50.8 Å². The maximum absolute atomic E-state index is 5.25. The third-order valence-corrected chi connectivity index (χ3v) is 3.65. The van der Waals surface area contributed by atoms with E-state index in [2.05, 4.69) is 10.2 Å². The highest BCUT2D eigenvalue weighted by Crippen LogP contribution is 2.37. The molecule has 1 N–H and O–H groups in total. The van der Waals surface area contributed by atoms with Gasteiger partial charge >= 0.3 is 0 Å². The fraction of sp³-hybridized carbons (Fsp3) is 1.00. The molecule has 0 aromatic carbocycles. The van der Waals surface area contributed by atoms with Crippen LogP contribution >= 0.6 is 0 Å². The van der Waals surface area contributed by atoms with Crippen LogP contribution in [0.4, 0.5) is 0 Å². The molecule has 0 unspecified atom stereocenters. The van der Waals surface area contributed by atoms with Gasteiger partial charge in [-0.15, -0.1) is 0 Å². The molecule has 1 spiro atoms. The molecule has 0 saturated carbocycles. The van der Waals surface area contributed by atoms with Crippen LogP contribution in [0.25, 0.3) is 0 Å². The molecule has 3 heterocycles. The molecule has 3 aliphatic rings. The maximum Gasteiger partial charge on any atom is 0.0569 e. The lowest BCUT2D eigenvalue weighted by atomic mass is 9.78. The van der Waals surface area contributed by atoms with Gasteiger partial charge in [-0.25, -0.2) is 0 Å². The number of likely N-dealkylation sites (tertiary alicyclic amines) is 1. The molecular formula is C10H18N2O. The normalized spacial score (nSPS) is 32.3. The summed E-state index contributed by atoms with van der Waals surface area (Å²) >= 11 is 0. The molecule has 0 radical (unpaired) electrons. The summed E-state index contributed by atoms with van der Waals surface area (Å²) in [4.78, 5) is 2.58. The smallest absolute Gasteiger partial charge is 0.0569 e. The molecule has 3 heteroatoms. The van der Waals surface area contributed by atoms with Crippen molar-refractivity contribution in [2.24, 2.45) is 11.3 Å². The van der Waals surface area contributed by atoms with Gasteiger partial charge in [-0.1, -0.05) is 0 Å². The number of hydrogen-bond donors (Lipinski definition) is 1. The van der Waals surface area contributed by atoms with E-state index in [0.717, 1.165) is 19.1 Å². The first-order chi connectivity index (χ1) is 6.36. The Balaban J connectivity index is 1.34. The van der Waals surface area contributed by atoms with Crippen LogP contribution in [0.5, 0.6) is 0 Å². The summed E-state index contributed by atoms with van der Waals surface area (Å²) in [5.41, 5.74) is 0.609. The van der Waals surface area contributed by atoms with Crippen molar-refractivity contribution in [3.63, 3.8) is 0 Å². The largest absolute Gasteiger partial charge is 0.380 e. The zero-order valence-corrected chi connectivity index (χ0v) is 8.09. The van der Waals surface area contributed by atoms with E-state index in [1.54, 1.807) is 0 Å². The van der Waals surface area contributed by atoms with Crippen molar-refractivity contribution in [2.75, 3.05) is 45.9 Å². The number of hydrogen-bond acceptors (Lipinski definition) is 3. The van der Waals surface area contributed by atoms with Crippen LogP contribution in [0.1, 0.15) is 6.42 Å². The minimum Gasteiger partial charge on any atom is -0.380 e. The number of rotatable bonds is 3. The quantitative estimate of drug-likeness (QED) is 0.661. The van der Waals surface area contributed by atoms with Gasteiger partial charge in [0.2, 0.25) is 0 Å². The van der Waals surface area contributed by atoms with Crippen LogP contribution in [-0.2, 0) is 4.74 Å². The van der Waals surface area contributed by atoms with E-state index < -0.39 is 0 Å². The van der Waals surface area contributed by atoms with Gasteiger partial charge < -0.3 is 15.0 Å². The first kappa shape index (κ1) is 8.21. The predicted octanol–water partition coefficient (Wildman–Crippen LogP) is -0.0719. The van der Waals surface area contributed by atoms with Crippen molar-refractivity contribution < 1.29 is 4.74 Å². The molecule has 3 nitrogen and oxygen atoms in total. The van der Waals surface area contributed by atoms with E-state index in [-0.39, 0.29) is 0 Å². The molecule has 13 heavy (non-hydrogen) atoms. The monoisotopic (exact) mass is 182 g/mol. The molecular weight excluding hydrogens is 164 g/mol. The van der Waals surface area contributed by atoms with E-state index in [1.807, 2.05) is 0 Å². The highest BCUT2D eigenvalue weighted by atomic mass is 16.5. The van der Waals surface area contributed by atoms with E-state index in [1.165, 1.54) is 39.1 Å². The van der Waals surface area contributed by atoms with Crippen molar-refractivity contribution in [2.45, 2.75) is 6.42 Å². The minimum atomic E-state index is 0.609. The number of nitrogens with zero attached hydrogens (tertiary/aromatic N) is 1. The number of ether oxygens (including phenoxy) is 1. The molecule has 3 aliphatic heterocycles. The van der Waals surface area contributed by atoms with Crippen LogP contribution < -0.4 is 5.32 Å². The SMILES string of the molecule is C(CN1CC2(COC2)C1)C1CNC1. The fourth-order valence-corrected chi connectivity index (χ4v) is 2.55. The minimum absolute atomic E-state index is 0.609. The van der Waals surface area contributed by atoms with Gasteiger partial charge in [-0.05, 0) is 32.0 Å². The second-order valence-corrected chi connectivity index (χ2v) is 5.02. The Morgan fingerprint density at radius 3 is 2.54 bits per heavy atom. The predicted molar refractivity (Wildman–Crippen MR) is 50.7 cm³/mol. The summed E-state index contributed by atoms with van der Waals surface area (Å²) in [5.74, 6) is 0.967. The highest BCUT2D eigenvalue weighted by Gasteiger charge is 2.48. The van der Waals surface area contributed by atoms with Crippen molar-refractivity contribution in [3.05, 3.63) is 0 Å². The highest BCUT2D eigenvalue weighted by molar-refractivity contribution is 4.99. The lowest BCUT2D eigenvalue weighted by Crippen LogP contribution is -2.66. The molecule has 3 fully saturated rings. The molecule has 3 saturated heterocycles. The van der Waals surface area contributed by atoms with Crippen molar-refractivity contribution >= 4 is 0 Å². The summed E-state index contributed by atoms with van der Waals surface area (Å²) in [6.45, 7) is 8.46. The van der Waals surface area contributed by atoms with Gasteiger partial charge in [0.05, 0.1) is 13.2 Å². The number of nitrogens with one attached hydrogen (secondary N) is 1. The Labute approximate surface area is 79.4 Å². The van der Waals surface area contributed by atoms with E-state index >= 15 is 0 Å². The van der Waals surface area contributed by atoms with Gasteiger partial charge in [-0.2, -0.15) is 0 Å². The van der Waals surface area contributed by atoms with Crippen molar-refractivity contribution in [3.8, 4) is 0 Å². The summed E-state index contributed by atoms with van der Waals surface area (Å²) in [7, 11) is 0. The van der Waals surface area contributed by atoms with Crippen LogP contribution in [0.3, 0.4) is 0 Å². The molecule has 0 bridgehead atoms. The summed E-state index contributed by atoms with van der Waals surface area (Å²) in [6.07, 6.45) is 1.39. The zero-order chi connectivity index (χ0) is 8.73. The van der Waals surface area contributed by atoms with Gasteiger partial charge in [-0.3, -0.25) is 0 Å².